The average molecular weight is 303 g/mol. The summed E-state index contributed by atoms with van der Waals surface area (Å²) in [4.78, 5) is 0. The van der Waals surface area contributed by atoms with Gasteiger partial charge in [0.15, 0.2) is 0 Å². The topological polar surface area (TPSA) is 20.2 Å². The SMILES string of the molecule is CC(O)[C@H]1CC=C2[C@@H]3CCC4CCCC[C@]4(C)[C@H]3CC[C@@]21C. The van der Waals surface area contributed by atoms with Crippen molar-refractivity contribution in [3.05, 3.63) is 11.6 Å². The number of hydrogen-bond donors (Lipinski definition) is 1. The van der Waals surface area contributed by atoms with Crippen LogP contribution in [-0.4, -0.2) is 11.2 Å². The molecule has 4 aliphatic rings. The summed E-state index contributed by atoms with van der Waals surface area (Å²) in [5.41, 5.74) is 2.68. The first-order valence-electron chi connectivity index (χ1n) is 9.85. The quantitative estimate of drug-likeness (QED) is 0.648. The summed E-state index contributed by atoms with van der Waals surface area (Å²) in [6.07, 6.45) is 15.0. The van der Waals surface area contributed by atoms with Gasteiger partial charge in [-0.15, -0.1) is 0 Å². The molecule has 0 aliphatic heterocycles. The monoisotopic (exact) mass is 302 g/mol. The van der Waals surface area contributed by atoms with Crippen molar-refractivity contribution >= 4 is 0 Å². The van der Waals surface area contributed by atoms with Gasteiger partial charge in [-0.1, -0.05) is 38.3 Å². The van der Waals surface area contributed by atoms with Gasteiger partial charge < -0.3 is 5.11 Å². The first-order valence-corrected chi connectivity index (χ1v) is 9.85. The first-order chi connectivity index (χ1) is 10.5. The number of aliphatic hydroxyl groups is 1. The highest BCUT2D eigenvalue weighted by Crippen LogP contribution is 2.66. The van der Waals surface area contributed by atoms with Gasteiger partial charge in [-0.2, -0.15) is 0 Å². The Balaban J connectivity index is 1.65. The Morgan fingerprint density at radius 3 is 2.68 bits per heavy atom. The molecule has 1 heteroatoms. The van der Waals surface area contributed by atoms with Crippen molar-refractivity contribution in [2.75, 3.05) is 0 Å². The fourth-order valence-corrected chi connectivity index (χ4v) is 7.39. The number of fused-ring (bicyclic) bond motifs is 5. The van der Waals surface area contributed by atoms with E-state index in [-0.39, 0.29) is 6.10 Å². The zero-order valence-electron chi connectivity index (χ0n) is 14.8. The Morgan fingerprint density at radius 2 is 1.91 bits per heavy atom. The van der Waals surface area contributed by atoms with Crippen molar-refractivity contribution in [2.24, 2.45) is 34.5 Å². The van der Waals surface area contributed by atoms with Crippen LogP contribution in [0.25, 0.3) is 0 Å². The molecular formula is C21H34O. The summed E-state index contributed by atoms with van der Waals surface area (Å²) < 4.78 is 0. The van der Waals surface area contributed by atoms with Crippen molar-refractivity contribution in [2.45, 2.75) is 84.7 Å². The van der Waals surface area contributed by atoms with Crippen LogP contribution in [0, 0.1) is 34.5 Å². The van der Waals surface area contributed by atoms with Crippen LogP contribution < -0.4 is 0 Å². The van der Waals surface area contributed by atoms with Crippen LogP contribution in [0.15, 0.2) is 11.6 Å². The van der Waals surface area contributed by atoms with Gasteiger partial charge in [0.25, 0.3) is 0 Å². The van der Waals surface area contributed by atoms with E-state index in [9.17, 15) is 5.11 Å². The fraction of sp³-hybridized carbons (Fsp3) is 0.905. The van der Waals surface area contributed by atoms with E-state index in [1.165, 1.54) is 51.4 Å². The Kier molecular flexibility index (Phi) is 3.53. The van der Waals surface area contributed by atoms with E-state index in [2.05, 4.69) is 19.9 Å². The predicted molar refractivity (Wildman–Crippen MR) is 91.5 cm³/mol. The summed E-state index contributed by atoms with van der Waals surface area (Å²) in [7, 11) is 0. The van der Waals surface area contributed by atoms with Crippen LogP contribution in [0.2, 0.25) is 0 Å². The lowest BCUT2D eigenvalue weighted by atomic mass is 9.46. The summed E-state index contributed by atoms with van der Waals surface area (Å²) in [5.74, 6) is 3.24. The zero-order valence-corrected chi connectivity index (χ0v) is 14.8. The van der Waals surface area contributed by atoms with Gasteiger partial charge in [0, 0.05) is 0 Å². The molecule has 0 bridgehead atoms. The third-order valence-electron chi connectivity index (χ3n) is 8.64. The molecule has 22 heavy (non-hydrogen) atoms. The molecule has 7 atom stereocenters. The molecule has 0 heterocycles. The smallest absolute Gasteiger partial charge is 0.0551 e. The molecule has 0 aromatic rings. The van der Waals surface area contributed by atoms with Crippen LogP contribution in [0.3, 0.4) is 0 Å². The molecule has 124 valence electrons. The Morgan fingerprint density at radius 1 is 1.09 bits per heavy atom. The predicted octanol–water partition coefficient (Wildman–Crippen LogP) is 5.34. The summed E-state index contributed by atoms with van der Waals surface area (Å²) in [6, 6.07) is 0. The Hall–Kier alpha value is -0.300. The van der Waals surface area contributed by atoms with Crippen LogP contribution >= 0.6 is 0 Å². The van der Waals surface area contributed by atoms with Crippen LogP contribution in [0.1, 0.15) is 78.6 Å². The molecule has 2 unspecified atom stereocenters. The minimum Gasteiger partial charge on any atom is -0.393 e. The second-order valence-electron chi connectivity index (χ2n) is 9.44. The van der Waals surface area contributed by atoms with Crippen LogP contribution in [0.5, 0.6) is 0 Å². The van der Waals surface area contributed by atoms with Gasteiger partial charge in [0.05, 0.1) is 6.10 Å². The molecule has 0 radical (unpaired) electrons. The molecule has 1 N–H and O–H groups in total. The lowest BCUT2D eigenvalue weighted by molar-refractivity contribution is -0.0627. The average Bonchev–Trinajstić information content (AvgIpc) is 2.84. The maximum Gasteiger partial charge on any atom is 0.0551 e. The first kappa shape index (κ1) is 15.2. The molecular weight excluding hydrogens is 268 g/mol. The molecule has 0 amide bonds. The number of allylic oxidation sites excluding steroid dienone is 2. The standard InChI is InChI=1S/C21H34O/c1-14(22)17-9-10-18-16-8-7-15-6-4-5-12-20(15,2)19(16)11-13-21(17,18)3/h10,14-17,19,22H,4-9,11-13H2,1-3H3/t14?,15?,16-,17+,19-,20-,21+/m0/s1. The molecule has 0 spiro atoms. The van der Waals surface area contributed by atoms with E-state index in [0.717, 1.165) is 24.2 Å². The van der Waals surface area contributed by atoms with E-state index in [1.807, 2.05) is 6.92 Å². The van der Waals surface area contributed by atoms with E-state index in [0.29, 0.717) is 16.7 Å². The van der Waals surface area contributed by atoms with Crippen molar-refractivity contribution in [3.8, 4) is 0 Å². The van der Waals surface area contributed by atoms with Crippen LogP contribution in [-0.2, 0) is 0 Å². The van der Waals surface area contributed by atoms with Crippen molar-refractivity contribution in [1.29, 1.82) is 0 Å². The molecule has 4 rings (SSSR count). The third-order valence-corrected chi connectivity index (χ3v) is 8.64. The largest absolute Gasteiger partial charge is 0.393 e. The highest BCUT2D eigenvalue weighted by molar-refractivity contribution is 5.30. The number of rotatable bonds is 1. The molecule has 3 saturated carbocycles. The van der Waals surface area contributed by atoms with Gasteiger partial charge in [-0.25, -0.2) is 0 Å². The maximum absolute atomic E-state index is 10.3. The second-order valence-corrected chi connectivity index (χ2v) is 9.44. The number of hydrogen-bond acceptors (Lipinski definition) is 1. The van der Waals surface area contributed by atoms with Crippen LogP contribution in [0.4, 0.5) is 0 Å². The third kappa shape index (κ3) is 1.93. The Bertz CT molecular complexity index is 478. The van der Waals surface area contributed by atoms with Gasteiger partial charge in [0.2, 0.25) is 0 Å². The lowest BCUT2D eigenvalue weighted by Gasteiger charge is -2.59. The second kappa shape index (κ2) is 5.10. The van der Waals surface area contributed by atoms with E-state index in [4.69, 9.17) is 0 Å². The zero-order chi connectivity index (χ0) is 15.5. The molecule has 1 nitrogen and oxygen atoms in total. The highest BCUT2D eigenvalue weighted by atomic mass is 16.3. The fourth-order valence-electron chi connectivity index (χ4n) is 7.39. The molecule has 0 aromatic heterocycles. The molecule has 0 saturated heterocycles. The van der Waals surface area contributed by atoms with Gasteiger partial charge >= 0.3 is 0 Å². The molecule has 4 aliphatic carbocycles. The minimum atomic E-state index is -0.156. The summed E-state index contributed by atoms with van der Waals surface area (Å²) in [6.45, 7) is 7.12. The molecule has 3 fully saturated rings. The van der Waals surface area contributed by atoms with Crippen molar-refractivity contribution < 1.29 is 5.11 Å². The summed E-state index contributed by atoms with van der Waals surface area (Å²) in [5, 5.41) is 10.3. The van der Waals surface area contributed by atoms with Crippen molar-refractivity contribution in [1.82, 2.24) is 0 Å². The maximum atomic E-state index is 10.3. The number of aliphatic hydroxyl groups excluding tert-OH is 1. The molecule has 0 aromatic carbocycles. The van der Waals surface area contributed by atoms with Gasteiger partial charge in [-0.3, -0.25) is 0 Å². The Labute approximate surface area is 136 Å². The lowest BCUT2D eigenvalue weighted by Crippen LogP contribution is -2.51. The minimum absolute atomic E-state index is 0.156. The van der Waals surface area contributed by atoms with E-state index < -0.39 is 0 Å². The van der Waals surface area contributed by atoms with E-state index in [1.54, 1.807) is 5.57 Å². The highest BCUT2D eigenvalue weighted by Gasteiger charge is 2.57. The normalized spacial score (nSPS) is 52.3. The van der Waals surface area contributed by atoms with Gasteiger partial charge in [-0.05, 0) is 86.4 Å². The van der Waals surface area contributed by atoms with E-state index >= 15 is 0 Å². The van der Waals surface area contributed by atoms with Gasteiger partial charge in [0.1, 0.15) is 0 Å². The summed E-state index contributed by atoms with van der Waals surface area (Å²) >= 11 is 0. The van der Waals surface area contributed by atoms with Crippen molar-refractivity contribution in [3.63, 3.8) is 0 Å².